The highest BCUT2D eigenvalue weighted by Crippen LogP contribution is 2.25. The minimum atomic E-state index is -2.84. The van der Waals surface area contributed by atoms with Gasteiger partial charge in [-0.2, -0.15) is 0 Å². The second kappa shape index (κ2) is 10.7. The predicted molar refractivity (Wildman–Crippen MR) is 118 cm³/mol. The Balaban J connectivity index is 0.00000261. The van der Waals surface area contributed by atoms with Crippen LogP contribution in [0.15, 0.2) is 27.8 Å². The largest absolute Gasteiger partial charge is 0.468 e. The zero-order valence-electron chi connectivity index (χ0n) is 15.9. The second-order valence-electron chi connectivity index (χ2n) is 7.14. The van der Waals surface area contributed by atoms with Gasteiger partial charge in [-0.05, 0) is 57.3 Å². The number of aliphatic imine (C=N–C) groups is 1. The normalized spacial score (nSPS) is 23.7. The highest BCUT2D eigenvalue weighted by molar-refractivity contribution is 14.0. The van der Waals surface area contributed by atoms with Gasteiger partial charge in [-0.3, -0.25) is 9.89 Å². The molecule has 1 aromatic heterocycles. The van der Waals surface area contributed by atoms with E-state index in [1.807, 2.05) is 19.1 Å². The molecule has 1 aromatic rings. The van der Waals surface area contributed by atoms with Gasteiger partial charge in [-0.1, -0.05) is 0 Å². The Morgan fingerprint density at radius 2 is 2.15 bits per heavy atom. The molecule has 0 aromatic carbocycles. The lowest BCUT2D eigenvalue weighted by Gasteiger charge is -2.24. The Morgan fingerprint density at radius 1 is 1.37 bits per heavy atom. The Hall–Kier alpha value is -0.810. The van der Waals surface area contributed by atoms with E-state index in [0.29, 0.717) is 18.8 Å². The van der Waals surface area contributed by atoms with Crippen molar-refractivity contribution in [3.8, 4) is 0 Å². The standard InChI is InChI=1S/C18H30N4O3S.HI/c1-2-19-18(20-12-15-7-11-26(23,24)14-15)21-13-16(17-6-5-10-25-17)22-8-3-4-9-22;/h5-6,10,15-16H,2-4,7-9,11-14H2,1H3,(H2,19,20,21);1H. The topological polar surface area (TPSA) is 86.9 Å². The van der Waals surface area contributed by atoms with Crippen molar-refractivity contribution >= 4 is 39.8 Å². The van der Waals surface area contributed by atoms with Gasteiger partial charge in [0.05, 0.1) is 30.4 Å². The molecule has 2 atom stereocenters. The van der Waals surface area contributed by atoms with Crippen LogP contribution in [0.25, 0.3) is 0 Å². The van der Waals surface area contributed by atoms with Gasteiger partial charge in [0.25, 0.3) is 0 Å². The van der Waals surface area contributed by atoms with E-state index in [2.05, 4.69) is 15.5 Å². The zero-order valence-corrected chi connectivity index (χ0v) is 19.0. The van der Waals surface area contributed by atoms with E-state index in [4.69, 9.17) is 9.41 Å². The maximum Gasteiger partial charge on any atom is 0.191 e. The van der Waals surface area contributed by atoms with Gasteiger partial charge in [-0.15, -0.1) is 24.0 Å². The van der Waals surface area contributed by atoms with Crippen LogP contribution in [0.1, 0.15) is 38.0 Å². The molecule has 0 saturated carbocycles. The quantitative estimate of drug-likeness (QED) is 0.332. The molecular weight excluding hydrogens is 479 g/mol. The first-order valence-corrected chi connectivity index (χ1v) is 11.4. The van der Waals surface area contributed by atoms with E-state index >= 15 is 0 Å². The van der Waals surface area contributed by atoms with Gasteiger partial charge in [-0.25, -0.2) is 8.42 Å². The first-order valence-electron chi connectivity index (χ1n) is 9.57. The van der Waals surface area contributed by atoms with Gasteiger partial charge < -0.3 is 15.1 Å². The molecule has 2 unspecified atom stereocenters. The molecule has 154 valence electrons. The third-order valence-electron chi connectivity index (χ3n) is 5.10. The van der Waals surface area contributed by atoms with Crippen LogP contribution < -0.4 is 10.6 Å². The van der Waals surface area contributed by atoms with Crippen molar-refractivity contribution in [2.45, 2.75) is 32.2 Å². The number of hydrogen-bond acceptors (Lipinski definition) is 5. The van der Waals surface area contributed by atoms with Crippen molar-refractivity contribution in [1.29, 1.82) is 0 Å². The molecule has 9 heteroatoms. The molecule has 0 aliphatic carbocycles. The number of nitrogens with zero attached hydrogens (tertiary/aromatic N) is 2. The molecule has 2 aliphatic rings. The van der Waals surface area contributed by atoms with E-state index in [1.165, 1.54) is 12.8 Å². The minimum absolute atomic E-state index is 0. The van der Waals surface area contributed by atoms with Crippen LogP contribution in [0.3, 0.4) is 0 Å². The van der Waals surface area contributed by atoms with Gasteiger partial charge in [0, 0.05) is 13.1 Å². The van der Waals surface area contributed by atoms with E-state index in [-0.39, 0.29) is 41.7 Å². The lowest BCUT2D eigenvalue weighted by atomic mass is 10.1. The van der Waals surface area contributed by atoms with Crippen LogP contribution in [0.4, 0.5) is 0 Å². The van der Waals surface area contributed by atoms with Gasteiger partial charge >= 0.3 is 0 Å². The molecule has 2 saturated heterocycles. The molecule has 2 fully saturated rings. The average molecular weight is 510 g/mol. The van der Waals surface area contributed by atoms with E-state index < -0.39 is 9.84 Å². The monoisotopic (exact) mass is 510 g/mol. The van der Waals surface area contributed by atoms with Gasteiger partial charge in [0.2, 0.25) is 0 Å². The van der Waals surface area contributed by atoms with Gasteiger partial charge in [0.15, 0.2) is 15.8 Å². The zero-order chi connectivity index (χ0) is 18.4. The number of hydrogen-bond donors (Lipinski definition) is 2. The fourth-order valence-corrected chi connectivity index (χ4v) is 5.57. The molecule has 0 spiro atoms. The molecule has 0 amide bonds. The minimum Gasteiger partial charge on any atom is -0.468 e. The Labute approximate surface area is 179 Å². The van der Waals surface area contributed by atoms with Crippen molar-refractivity contribution in [3.05, 3.63) is 24.2 Å². The molecule has 2 aliphatic heterocycles. The van der Waals surface area contributed by atoms with Crippen molar-refractivity contribution < 1.29 is 12.8 Å². The summed E-state index contributed by atoms with van der Waals surface area (Å²) >= 11 is 0. The molecule has 0 radical (unpaired) electrons. The second-order valence-corrected chi connectivity index (χ2v) is 9.37. The maximum absolute atomic E-state index is 11.6. The molecular formula is C18H31IN4O3S. The highest BCUT2D eigenvalue weighted by atomic mass is 127. The van der Waals surface area contributed by atoms with Crippen molar-refractivity contribution in [2.24, 2.45) is 10.9 Å². The summed E-state index contributed by atoms with van der Waals surface area (Å²) < 4.78 is 28.9. The fourth-order valence-electron chi connectivity index (χ4n) is 3.71. The number of halogens is 1. The molecule has 3 heterocycles. The molecule has 2 N–H and O–H groups in total. The van der Waals surface area contributed by atoms with Crippen molar-refractivity contribution in [1.82, 2.24) is 15.5 Å². The summed E-state index contributed by atoms with van der Waals surface area (Å²) in [6, 6.07) is 4.09. The summed E-state index contributed by atoms with van der Waals surface area (Å²) in [6.07, 6.45) is 4.88. The Kier molecular flexibility index (Phi) is 8.87. The fraction of sp³-hybridized carbons (Fsp3) is 0.722. The summed E-state index contributed by atoms with van der Waals surface area (Å²) in [5.41, 5.74) is 0. The number of sulfone groups is 1. The Morgan fingerprint density at radius 3 is 2.74 bits per heavy atom. The first kappa shape index (κ1) is 22.5. The predicted octanol–water partition coefficient (Wildman–Crippen LogP) is 2.02. The number of likely N-dealkylation sites (tertiary alicyclic amines) is 1. The first-order chi connectivity index (χ1) is 12.6. The number of furan rings is 1. The number of nitrogens with one attached hydrogen (secondary N) is 2. The van der Waals surface area contributed by atoms with E-state index in [9.17, 15) is 8.42 Å². The summed E-state index contributed by atoms with van der Waals surface area (Å²) in [5.74, 6) is 2.45. The number of rotatable bonds is 7. The maximum atomic E-state index is 11.6. The lowest BCUT2D eigenvalue weighted by Crippen LogP contribution is -2.40. The summed E-state index contributed by atoms with van der Waals surface area (Å²) in [5, 5.41) is 6.58. The van der Waals surface area contributed by atoms with Crippen LogP contribution in [-0.2, 0) is 9.84 Å². The molecule has 27 heavy (non-hydrogen) atoms. The van der Waals surface area contributed by atoms with Gasteiger partial charge in [0.1, 0.15) is 5.76 Å². The average Bonchev–Trinajstić information content (AvgIpc) is 3.35. The van der Waals surface area contributed by atoms with E-state index in [1.54, 1.807) is 6.26 Å². The van der Waals surface area contributed by atoms with Crippen LogP contribution in [0.5, 0.6) is 0 Å². The molecule has 3 rings (SSSR count). The number of guanidine groups is 1. The molecule has 0 bridgehead atoms. The van der Waals surface area contributed by atoms with Crippen molar-refractivity contribution in [3.63, 3.8) is 0 Å². The smallest absolute Gasteiger partial charge is 0.191 e. The van der Waals surface area contributed by atoms with Crippen LogP contribution in [0.2, 0.25) is 0 Å². The highest BCUT2D eigenvalue weighted by Gasteiger charge is 2.28. The third kappa shape index (κ3) is 6.63. The van der Waals surface area contributed by atoms with Crippen molar-refractivity contribution in [2.75, 3.05) is 44.2 Å². The van der Waals surface area contributed by atoms with Crippen LogP contribution >= 0.6 is 24.0 Å². The molecule has 7 nitrogen and oxygen atoms in total. The third-order valence-corrected chi connectivity index (χ3v) is 6.94. The van der Waals surface area contributed by atoms with E-state index in [0.717, 1.165) is 37.8 Å². The Bertz CT molecular complexity index is 687. The van der Waals surface area contributed by atoms with Crippen LogP contribution in [-0.4, -0.2) is 63.5 Å². The summed E-state index contributed by atoms with van der Waals surface area (Å²) in [4.78, 5) is 7.18. The summed E-state index contributed by atoms with van der Waals surface area (Å²) in [6.45, 7) is 6.20. The summed E-state index contributed by atoms with van der Waals surface area (Å²) in [7, 11) is -2.84. The SMILES string of the molecule is CCNC(=NCC(c1ccco1)N1CCCC1)NCC1CCS(=O)(=O)C1.I. The lowest BCUT2D eigenvalue weighted by molar-refractivity contribution is 0.221. The van der Waals surface area contributed by atoms with Crippen LogP contribution in [0, 0.1) is 5.92 Å².